The summed E-state index contributed by atoms with van der Waals surface area (Å²) in [6.07, 6.45) is 13.5. The molecular formula is C28H34N2O2. The topological polar surface area (TPSA) is 51.2 Å². The van der Waals surface area contributed by atoms with Gasteiger partial charge in [0.2, 0.25) is 5.91 Å². The number of nitrogens with zero attached hydrogens (tertiary/aromatic N) is 1. The highest BCUT2D eigenvalue weighted by atomic mass is 16.5. The molecule has 0 aliphatic heterocycles. The van der Waals surface area contributed by atoms with E-state index in [1.54, 1.807) is 19.4 Å². The Morgan fingerprint density at radius 2 is 2.03 bits per heavy atom. The molecule has 0 fully saturated rings. The van der Waals surface area contributed by atoms with Crippen LogP contribution < -0.4 is 10.1 Å². The van der Waals surface area contributed by atoms with Crippen molar-refractivity contribution in [3.63, 3.8) is 0 Å². The third kappa shape index (κ3) is 6.68. The summed E-state index contributed by atoms with van der Waals surface area (Å²) in [7, 11) is 1.69. The van der Waals surface area contributed by atoms with Gasteiger partial charge < -0.3 is 10.1 Å². The summed E-state index contributed by atoms with van der Waals surface area (Å²) in [6.45, 7) is 4.26. The van der Waals surface area contributed by atoms with Gasteiger partial charge in [-0.3, -0.25) is 9.78 Å². The van der Waals surface area contributed by atoms with Crippen molar-refractivity contribution >= 4 is 22.8 Å². The number of rotatable bonds is 11. The molecule has 1 unspecified atom stereocenters. The Kier molecular flexibility index (Phi) is 8.85. The lowest BCUT2D eigenvalue weighted by atomic mass is 9.94. The molecule has 0 aliphatic rings. The van der Waals surface area contributed by atoms with Gasteiger partial charge in [0.05, 0.1) is 7.11 Å². The van der Waals surface area contributed by atoms with E-state index in [0.717, 1.165) is 49.8 Å². The molecule has 1 atom stereocenters. The molecule has 1 heterocycles. The first-order valence-electron chi connectivity index (χ1n) is 11.6. The quantitative estimate of drug-likeness (QED) is 0.373. The number of benzene rings is 2. The number of aryl methyl sites for hydroxylation is 2. The van der Waals surface area contributed by atoms with E-state index in [4.69, 9.17) is 4.74 Å². The van der Waals surface area contributed by atoms with Crippen LogP contribution in [-0.4, -0.2) is 24.0 Å². The van der Waals surface area contributed by atoms with Crippen LogP contribution in [0.4, 0.5) is 0 Å². The van der Waals surface area contributed by atoms with Crippen molar-refractivity contribution in [3.05, 3.63) is 77.6 Å². The molecule has 0 bridgehead atoms. The maximum absolute atomic E-state index is 12.5. The van der Waals surface area contributed by atoms with Crippen LogP contribution in [0, 0.1) is 0 Å². The van der Waals surface area contributed by atoms with Gasteiger partial charge in [-0.1, -0.05) is 37.6 Å². The van der Waals surface area contributed by atoms with Crippen LogP contribution in [0.3, 0.4) is 0 Å². The number of amides is 1. The number of methoxy groups -OCH3 is 1. The minimum absolute atomic E-state index is 0.0462. The Morgan fingerprint density at radius 1 is 1.16 bits per heavy atom. The zero-order valence-corrected chi connectivity index (χ0v) is 19.4. The predicted octanol–water partition coefficient (Wildman–Crippen LogP) is 6.13. The minimum Gasteiger partial charge on any atom is -0.497 e. The molecule has 0 spiro atoms. The molecular weight excluding hydrogens is 396 g/mol. The monoisotopic (exact) mass is 430 g/mol. The van der Waals surface area contributed by atoms with Gasteiger partial charge in [0, 0.05) is 24.5 Å². The fourth-order valence-electron chi connectivity index (χ4n) is 3.99. The van der Waals surface area contributed by atoms with Gasteiger partial charge in [0.25, 0.3) is 0 Å². The second-order valence-corrected chi connectivity index (χ2v) is 8.32. The summed E-state index contributed by atoms with van der Waals surface area (Å²) < 4.78 is 5.37. The van der Waals surface area contributed by atoms with Crippen LogP contribution in [0.15, 0.2) is 60.9 Å². The maximum atomic E-state index is 12.5. The molecule has 4 nitrogen and oxygen atoms in total. The molecule has 1 amide bonds. The Bertz CT molecular complexity index is 1040. The average molecular weight is 431 g/mol. The van der Waals surface area contributed by atoms with Gasteiger partial charge in [0.1, 0.15) is 5.75 Å². The summed E-state index contributed by atoms with van der Waals surface area (Å²) in [5, 5.41) is 5.49. The Labute approximate surface area is 191 Å². The molecule has 0 radical (unpaired) electrons. The number of pyridine rings is 1. The third-order valence-corrected chi connectivity index (χ3v) is 5.78. The van der Waals surface area contributed by atoms with Gasteiger partial charge >= 0.3 is 0 Å². The highest BCUT2D eigenvalue weighted by molar-refractivity contribution is 5.94. The Balaban J connectivity index is 1.63. The fourth-order valence-corrected chi connectivity index (χ4v) is 3.99. The van der Waals surface area contributed by atoms with Gasteiger partial charge in [-0.05, 0) is 90.8 Å². The molecule has 1 aromatic heterocycles. The van der Waals surface area contributed by atoms with Crippen molar-refractivity contribution in [1.82, 2.24) is 10.3 Å². The summed E-state index contributed by atoms with van der Waals surface area (Å²) in [6, 6.07) is 14.6. The second kappa shape index (κ2) is 12.0. The zero-order valence-electron chi connectivity index (χ0n) is 19.4. The van der Waals surface area contributed by atoms with E-state index in [2.05, 4.69) is 54.5 Å². The number of carbonyl (C=O) groups excluding carboxylic acids is 1. The molecule has 3 rings (SSSR count). The Morgan fingerprint density at radius 3 is 2.78 bits per heavy atom. The van der Waals surface area contributed by atoms with Gasteiger partial charge in [-0.25, -0.2) is 0 Å². The number of hydrogen-bond donors (Lipinski definition) is 1. The number of ether oxygens (including phenoxy) is 1. The van der Waals surface area contributed by atoms with Gasteiger partial charge in [0.15, 0.2) is 0 Å². The maximum Gasteiger partial charge on any atom is 0.244 e. The third-order valence-electron chi connectivity index (χ3n) is 5.78. The van der Waals surface area contributed by atoms with E-state index in [0.29, 0.717) is 0 Å². The summed E-state index contributed by atoms with van der Waals surface area (Å²) >= 11 is 0. The lowest BCUT2D eigenvalue weighted by Crippen LogP contribution is -2.31. The van der Waals surface area contributed by atoms with E-state index in [1.807, 2.05) is 24.4 Å². The molecule has 4 heteroatoms. The molecule has 0 saturated heterocycles. The van der Waals surface area contributed by atoms with E-state index < -0.39 is 0 Å². The number of unbranched alkanes of at least 4 members (excludes halogenated alkanes) is 1. The fraction of sp³-hybridized carbons (Fsp3) is 0.357. The van der Waals surface area contributed by atoms with Crippen LogP contribution in [-0.2, 0) is 17.6 Å². The minimum atomic E-state index is -0.0462. The lowest BCUT2D eigenvalue weighted by molar-refractivity contribution is -0.117. The summed E-state index contributed by atoms with van der Waals surface area (Å²) in [4.78, 5) is 16.7. The molecule has 3 aromatic rings. The van der Waals surface area contributed by atoms with Crippen LogP contribution in [0.2, 0.25) is 0 Å². The lowest BCUT2D eigenvalue weighted by Gasteiger charge is -2.13. The highest BCUT2D eigenvalue weighted by Gasteiger charge is 2.09. The summed E-state index contributed by atoms with van der Waals surface area (Å²) in [5.74, 6) is 0.814. The second-order valence-electron chi connectivity index (χ2n) is 8.32. The van der Waals surface area contributed by atoms with Crippen molar-refractivity contribution in [2.75, 3.05) is 7.11 Å². The number of carbonyl (C=O) groups is 1. The van der Waals surface area contributed by atoms with E-state index in [-0.39, 0.29) is 11.9 Å². The number of nitrogens with one attached hydrogen (secondary N) is 1. The smallest absolute Gasteiger partial charge is 0.244 e. The standard InChI is InChI=1S/C28H34N2O2/c1-4-5-11-26-23(12-13-24-19-25(32-3)15-16-27(24)26)14-17-28(31)30-21(2)8-6-9-22-10-7-18-29-20-22/h7,10,12-21H,4-6,8-9,11H2,1-3H3,(H,30,31)/b17-14+. The first-order chi connectivity index (χ1) is 15.6. The predicted molar refractivity (Wildman–Crippen MR) is 133 cm³/mol. The van der Waals surface area contributed by atoms with Gasteiger partial charge in [-0.2, -0.15) is 0 Å². The van der Waals surface area contributed by atoms with E-state index >= 15 is 0 Å². The zero-order chi connectivity index (χ0) is 22.8. The van der Waals surface area contributed by atoms with Crippen molar-refractivity contribution in [2.45, 2.75) is 58.4 Å². The molecule has 1 N–H and O–H groups in total. The number of fused-ring (bicyclic) bond motifs is 1. The molecule has 0 saturated carbocycles. The van der Waals surface area contributed by atoms with E-state index in [9.17, 15) is 4.79 Å². The largest absolute Gasteiger partial charge is 0.497 e. The molecule has 32 heavy (non-hydrogen) atoms. The normalized spacial score (nSPS) is 12.2. The number of hydrogen-bond acceptors (Lipinski definition) is 3. The summed E-state index contributed by atoms with van der Waals surface area (Å²) in [5.41, 5.74) is 3.63. The van der Waals surface area contributed by atoms with E-state index in [1.165, 1.54) is 21.9 Å². The van der Waals surface area contributed by atoms with Crippen LogP contribution in [0.5, 0.6) is 5.75 Å². The molecule has 2 aromatic carbocycles. The molecule has 0 aliphatic carbocycles. The van der Waals surface area contributed by atoms with Crippen molar-refractivity contribution in [1.29, 1.82) is 0 Å². The van der Waals surface area contributed by atoms with Crippen LogP contribution in [0.1, 0.15) is 56.2 Å². The first kappa shape index (κ1) is 23.5. The van der Waals surface area contributed by atoms with Crippen molar-refractivity contribution in [3.8, 4) is 5.75 Å². The Hall–Kier alpha value is -3.14. The van der Waals surface area contributed by atoms with Gasteiger partial charge in [-0.15, -0.1) is 0 Å². The van der Waals surface area contributed by atoms with Crippen LogP contribution >= 0.6 is 0 Å². The number of aromatic nitrogens is 1. The molecule has 168 valence electrons. The van der Waals surface area contributed by atoms with Crippen molar-refractivity contribution < 1.29 is 9.53 Å². The average Bonchev–Trinajstić information content (AvgIpc) is 2.81. The van der Waals surface area contributed by atoms with Crippen molar-refractivity contribution in [2.24, 2.45) is 0 Å². The van der Waals surface area contributed by atoms with Crippen LogP contribution in [0.25, 0.3) is 16.8 Å². The SMILES string of the molecule is CCCCc1c(/C=C/C(=O)NC(C)CCCc2cccnc2)ccc2cc(OC)ccc12. The highest BCUT2D eigenvalue weighted by Crippen LogP contribution is 2.28. The first-order valence-corrected chi connectivity index (χ1v) is 11.6.